The van der Waals surface area contributed by atoms with Crippen LogP contribution in [0.1, 0.15) is 0 Å². The number of hydrogen-bond acceptors (Lipinski definition) is 2. The zero-order valence-corrected chi connectivity index (χ0v) is 9.33. The minimum Gasteiger partial charge on any atom is -0.398 e. The minimum absolute atomic E-state index is 0.343. The van der Waals surface area contributed by atoms with Gasteiger partial charge in [0.25, 0.3) is 0 Å². The van der Waals surface area contributed by atoms with Crippen molar-refractivity contribution < 1.29 is 4.39 Å². The van der Waals surface area contributed by atoms with E-state index in [0.717, 1.165) is 0 Å². The van der Waals surface area contributed by atoms with Crippen LogP contribution in [0.5, 0.6) is 0 Å². The van der Waals surface area contributed by atoms with Gasteiger partial charge in [0.2, 0.25) is 0 Å². The van der Waals surface area contributed by atoms with Crippen LogP contribution in [0, 0.1) is 5.82 Å². The molecule has 0 saturated heterocycles. The van der Waals surface area contributed by atoms with Crippen molar-refractivity contribution >= 4 is 21.6 Å². The van der Waals surface area contributed by atoms with E-state index in [2.05, 4.69) is 20.9 Å². The lowest BCUT2D eigenvalue weighted by Gasteiger charge is -2.06. The molecule has 2 aromatic rings. The molecule has 15 heavy (non-hydrogen) atoms. The van der Waals surface area contributed by atoms with Gasteiger partial charge < -0.3 is 5.73 Å². The Balaban J connectivity index is 2.59. The summed E-state index contributed by atoms with van der Waals surface area (Å²) in [4.78, 5) is 4.12. The first kappa shape index (κ1) is 10.1. The zero-order chi connectivity index (χ0) is 10.8. The largest absolute Gasteiger partial charge is 0.398 e. The molecule has 0 amide bonds. The van der Waals surface area contributed by atoms with E-state index in [9.17, 15) is 4.39 Å². The van der Waals surface area contributed by atoms with Crippen molar-refractivity contribution in [2.24, 2.45) is 0 Å². The molecule has 2 nitrogen and oxygen atoms in total. The molecule has 0 aliphatic rings. The van der Waals surface area contributed by atoms with Gasteiger partial charge in [-0.25, -0.2) is 4.39 Å². The Morgan fingerprint density at radius 3 is 2.73 bits per heavy atom. The predicted octanol–water partition coefficient (Wildman–Crippen LogP) is 3.23. The Labute approximate surface area is 95.1 Å². The third-order valence-electron chi connectivity index (χ3n) is 2.03. The monoisotopic (exact) mass is 266 g/mol. The number of anilines is 1. The maximum atomic E-state index is 13.3. The van der Waals surface area contributed by atoms with E-state index in [1.165, 1.54) is 6.07 Å². The molecule has 2 N–H and O–H groups in total. The van der Waals surface area contributed by atoms with E-state index >= 15 is 0 Å². The number of rotatable bonds is 1. The Kier molecular flexibility index (Phi) is 2.68. The lowest BCUT2D eigenvalue weighted by atomic mass is 10.1. The smallest absolute Gasteiger partial charge is 0.138 e. The van der Waals surface area contributed by atoms with Crippen molar-refractivity contribution in [3.05, 3.63) is 46.8 Å². The van der Waals surface area contributed by atoms with Crippen LogP contribution in [-0.4, -0.2) is 4.98 Å². The number of benzene rings is 1. The predicted molar refractivity (Wildman–Crippen MR) is 61.7 cm³/mol. The molecule has 2 rings (SSSR count). The Morgan fingerprint density at radius 1 is 1.27 bits per heavy atom. The lowest BCUT2D eigenvalue weighted by Crippen LogP contribution is -1.93. The standard InChI is InChI=1S/C11H8BrFN2/c12-8-6-10(14)7(5-9(8)13)11-3-1-2-4-15-11/h1-6H,14H2. The third kappa shape index (κ3) is 1.99. The zero-order valence-electron chi connectivity index (χ0n) is 7.74. The summed E-state index contributed by atoms with van der Waals surface area (Å²) >= 11 is 3.08. The van der Waals surface area contributed by atoms with Crippen LogP contribution in [0.4, 0.5) is 10.1 Å². The minimum atomic E-state index is -0.343. The normalized spacial score (nSPS) is 10.3. The number of hydrogen-bond donors (Lipinski definition) is 1. The van der Waals surface area contributed by atoms with Gasteiger partial charge in [0.15, 0.2) is 0 Å². The Bertz CT molecular complexity index is 485. The van der Waals surface area contributed by atoms with Crippen molar-refractivity contribution in [2.45, 2.75) is 0 Å². The molecule has 1 aromatic heterocycles. The average Bonchev–Trinajstić information content (AvgIpc) is 2.25. The van der Waals surface area contributed by atoms with Crippen LogP contribution in [0.25, 0.3) is 11.3 Å². The van der Waals surface area contributed by atoms with Gasteiger partial charge in [-0.15, -0.1) is 0 Å². The number of nitrogen functional groups attached to an aromatic ring is 1. The highest BCUT2D eigenvalue weighted by molar-refractivity contribution is 9.10. The van der Waals surface area contributed by atoms with E-state index < -0.39 is 0 Å². The fourth-order valence-electron chi connectivity index (χ4n) is 1.31. The second-order valence-electron chi connectivity index (χ2n) is 3.07. The molecule has 4 heteroatoms. The quantitative estimate of drug-likeness (QED) is 0.805. The molecule has 1 heterocycles. The first-order valence-corrected chi connectivity index (χ1v) is 5.13. The van der Waals surface area contributed by atoms with E-state index in [1.54, 1.807) is 24.4 Å². The van der Waals surface area contributed by atoms with Crippen LogP contribution in [0.2, 0.25) is 0 Å². The van der Waals surface area contributed by atoms with Crippen LogP contribution >= 0.6 is 15.9 Å². The van der Waals surface area contributed by atoms with E-state index in [0.29, 0.717) is 21.4 Å². The highest BCUT2D eigenvalue weighted by Gasteiger charge is 2.08. The molecule has 0 atom stereocenters. The van der Waals surface area contributed by atoms with Crippen molar-refractivity contribution in [3.63, 3.8) is 0 Å². The van der Waals surface area contributed by atoms with E-state index in [4.69, 9.17) is 5.73 Å². The number of nitrogens with two attached hydrogens (primary N) is 1. The lowest BCUT2D eigenvalue weighted by molar-refractivity contribution is 0.622. The van der Waals surface area contributed by atoms with Gasteiger partial charge in [0.05, 0.1) is 10.2 Å². The molecule has 76 valence electrons. The van der Waals surface area contributed by atoms with E-state index in [1.807, 2.05) is 6.07 Å². The van der Waals surface area contributed by atoms with Gasteiger partial charge in [-0.3, -0.25) is 4.98 Å². The maximum absolute atomic E-state index is 13.3. The Hall–Kier alpha value is -1.42. The average molecular weight is 267 g/mol. The van der Waals surface area contributed by atoms with Gasteiger partial charge in [-0.2, -0.15) is 0 Å². The maximum Gasteiger partial charge on any atom is 0.138 e. The molecule has 0 saturated carbocycles. The molecule has 0 aliphatic carbocycles. The second-order valence-corrected chi connectivity index (χ2v) is 3.92. The summed E-state index contributed by atoms with van der Waals surface area (Å²) in [7, 11) is 0. The number of halogens is 2. The molecular formula is C11H8BrFN2. The molecule has 0 unspecified atom stereocenters. The third-order valence-corrected chi connectivity index (χ3v) is 2.64. The number of pyridine rings is 1. The van der Waals surface area contributed by atoms with Crippen molar-refractivity contribution in [1.29, 1.82) is 0 Å². The summed E-state index contributed by atoms with van der Waals surface area (Å²) in [5, 5.41) is 0. The summed E-state index contributed by atoms with van der Waals surface area (Å²) in [6.45, 7) is 0. The van der Waals surface area contributed by atoms with Crippen molar-refractivity contribution in [2.75, 3.05) is 5.73 Å². The van der Waals surface area contributed by atoms with Gasteiger partial charge >= 0.3 is 0 Å². The highest BCUT2D eigenvalue weighted by Crippen LogP contribution is 2.29. The first-order valence-electron chi connectivity index (χ1n) is 4.34. The molecule has 1 aromatic carbocycles. The molecule has 0 aliphatic heterocycles. The van der Waals surface area contributed by atoms with Crippen molar-refractivity contribution in [1.82, 2.24) is 4.98 Å². The summed E-state index contributed by atoms with van der Waals surface area (Å²) in [6, 6.07) is 8.34. The highest BCUT2D eigenvalue weighted by atomic mass is 79.9. The summed E-state index contributed by atoms with van der Waals surface area (Å²) < 4.78 is 13.7. The fraction of sp³-hybridized carbons (Fsp3) is 0. The molecule has 0 spiro atoms. The number of nitrogens with zero attached hydrogens (tertiary/aromatic N) is 1. The van der Waals surface area contributed by atoms with Gasteiger partial charge in [-0.1, -0.05) is 6.07 Å². The molecule has 0 bridgehead atoms. The second kappa shape index (κ2) is 3.98. The fourth-order valence-corrected chi connectivity index (χ4v) is 1.67. The van der Waals surface area contributed by atoms with Crippen LogP contribution in [0.15, 0.2) is 41.0 Å². The summed E-state index contributed by atoms with van der Waals surface area (Å²) in [6.07, 6.45) is 1.65. The van der Waals surface area contributed by atoms with Crippen LogP contribution < -0.4 is 5.73 Å². The summed E-state index contributed by atoms with van der Waals surface area (Å²) in [5.74, 6) is -0.343. The van der Waals surface area contributed by atoms with Gasteiger partial charge in [0, 0.05) is 17.4 Å². The van der Waals surface area contributed by atoms with Gasteiger partial charge in [-0.05, 0) is 40.2 Å². The van der Waals surface area contributed by atoms with E-state index in [-0.39, 0.29) is 5.82 Å². The first-order chi connectivity index (χ1) is 7.18. The molecule has 0 fully saturated rings. The summed E-state index contributed by atoms with van der Waals surface area (Å²) in [5.41, 5.74) is 7.56. The van der Waals surface area contributed by atoms with Crippen LogP contribution in [-0.2, 0) is 0 Å². The number of aromatic nitrogens is 1. The topological polar surface area (TPSA) is 38.9 Å². The Morgan fingerprint density at radius 2 is 2.07 bits per heavy atom. The molecular weight excluding hydrogens is 259 g/mol. The van der Waals surface area contributed by atoms with Crippen molar-refractivity contribution in [3.8, 4) is 11.3 Å². The van der Waals surface area contributed by atoms with Crippen LogP contribution in [0.3, 0.4) is 0 Å². The van der Waals surface area contributed by atoms with Gasteiger partial charge in [0.1, 0.15) is 5.82 Å². The SMILES string of the molecule is Nc1cc(Br)c(F)cc1-c1ccccn1. The molecule has 0 radical (unpaired) electrons.